The van der Waals surface area contributed by atoms with E-state index in [2.05, 4.69) is 39.3 Å². The zero-order chi connectivity index (χ0) is 24.4. The van der Waals surface area contributed by atoms with Crippen molar-refractivity contribution in [1.82, 2.24) is 4.72 Å². The first kappa shape index (κ1) is 28.8. The third kappa shape index (κ3) is 8.97. The van der Waals surface area contributed by atoms with Crippen LogP contribution in [0.2, 0.25) is 0 Å². The van der Waals surface area contributed by atoms with Gasteiger partial charge in [-0.15, -0.1) is 0 Å². The van der Waals surface area contributed by atoms with E-state index in [9.17, 15) is 9.00 Å². The first-order valence-electron chi connectivity index (χ1n) is 12.6. The predicted molar refractivity (Wildman–Crippen MR) is 140 cm³/mol. The second-order valence-electron chi connectivity index (χ2n) is 10.6. The molecule has 0 aromatic heterocycles. The lowest BCUT2D eigenvalue weighted by molar-refractivity contribution is 0.00695. The molecule has 0 saturated heterocycles. The number of unbranched alkanes of at least 4 members (excludes halogenated alkanes) is 3. The van der Waals surface area contributed by atoms with Crippen LogP contribution in [0.3, 0.4) is 0 Å². The smallest absolute Gasteiger partial charge is 0.338 e. The summed E-state index contributed by atoms with van der Waals surface area (Å²) < 4.78 is 24.2. The number of nitrogens with one attached hydrogen (secondary N) is 1. The Morgan fingerprint density at radius 1 is 0.906 bits per heavy atom. The van der Waals surface area contributed by atoms with Crippen LogP contribution in [0.4, 0.5) is 0 Å². The lowest BCUT2D eigenvalue weighted by atomic mass is 9.96. The zero-order valence-corrected chi connectivity index (χ0v) is 22.8. The molecule has 1 N–H and O–H groups in total. The highest BCUT2D eigenvalue weighted by Gasteiger charge is 2.38. The highest BCUT2D eigenvalue weighted by Crippen LogP contribution is 2.34. The van der Waals surface area contributed by atoms with E-state index >= 15 is 0 Å². The maximum Gasteiger partial charge on any atom is 0.338 e. The Morgan fingerprint density at radius 2 is 1.34 bits per heavy atom. The molecule has 1 unspecified atom stereocenters. The average Bonchev–Trinajstić information content (AvgIpc) is 2.73. The van der Waals surface area contributed by atoms with E-state index in [1.807, 2.05) is 45.0 Å². The molecule has 0 radical (unpaired) electrons. The van der Waals surface area contributed by atoms with Crippen LogP contribution < -0.4 is 4.72 Å². The Bertz CT molecular complexity index is 731. The fourth-order valence-corrected chi connectivity index (χ4v) is 8.89. The summed E-state index contributed by atoms with van der Waals surface area (Å²) in [5.41, 5.74) is 1.11. The predicted octanol–water partition coefficient (Wildman–Crippen LogP) is 7.06. The lowest BCUT2D eigenvalue weighted by Crippen LogP contribution is -2.57. The molecule has 1 rings (SSSR count). The standard InChI is InChI=1S/C27H49NO3S/c1-9-12-19-32(30,20-13-10-2,21-14-11-3)28-25(22(4)5)23-15-17-24(18-16-23)26(29)31-27(6,7)8/h15-18,22,25H,9-14,19-21H2,1-8H3,(H,28,30). The van der Waals surface area contributed by atoms with Crippen molar-refractivity contribution in [2.24, 2.45) is 5.92 Å². The van der Waals surface area contributed by atoms with Gasteiger partial charge in [-0.3, -0.25) is 4.21 Å². The molecule has 0 aliphatic carbocycles. The van der Waals surface area contributed by atoms with Crippen LogP contribution >= 0.6 is 0 Å². The summed E-state index contributed by atoms with van der Waals surface area (Å²) in [5.74, 6) is 2.23. The number of carbonyl (C=O) groups is 1. The molecule has 1 aromatic rings. The number of hydrogen-bond acceptors (Lipinski definition) is 3. The van der Waals surface area contributed by atoms with Gasteiger partial charge in [-0.25, -0.2) is 9.52 Å². The average molecular weight is 468 g/mol. The number of rotatable bonds is 14. The minimum atomic E-state index is -3.02. The minimum Gasteiger partial charge on any atom is -0.456 e. The van der Waals surface area contributed by atoms with Gasteiger partial charge < -0.3 is 4.74 Å². The van der Waals surface area contributed by atoms with Crippen molar-refractivity contribution >= 4 is 15.2 Å². The van der Waals surface area contributed by atoms with E-state index < -0.39 is 14.9 Å². The van der Waals surface area contributed by atoms with Crippen molar-refractivity contribution in [3.63, 3.8) is 0 Å². The highest BCUT2D eigenvalue weighted by atomic mass is 32.3. The molecule has 1 atom stereocenters. The number of esters is 1. The van der Waals surface area contributed by atoms with Crippen LogP contribution in [-0.4, -0.2) is 33.0 Å². The number of hydrogen-bond donors (Lipinski definition) is 1. The van der Waals surface area contributed by atoms with E-state index in [0.29, 0.717) is 5.56 Å². The molecule has 0 aliphatic rings. The molecule has 186 valence electrons. The Kier molecular flexibility index (Phi) is 11.1. The molecule has 32 heavy (non-hydrogen) atoms. The SMILES string of the molecule is CCCCS(=O)(CCCC)(CCCC)NC(c1ccc(C(=O)OC(C)(C)C)cc1)C(C)C. The van der Waals surface area contributed by atoms with Gasteiger partial charge in [-0.1, -0.05) is 66.0 Å². The third-order valence-corrected chi connectivity index (χ3v) is 10.5. The van der Waals surface area contributed by atoms with Crippen LogP contribution in [0.1, 0.15) is 116 Å². The van der Waals surface area contributed by atoms with Crippen LogP contribution in [0.25, 0.3) is 0 Å². The molecule has 0 aliphatic heterocycles. The van der Waals surface area contributed by atoms with Gasteiger partial charge in [0.15, 0.2) is 0 Å². The normalized spacial score (nSPS) is 14.7. The van der Waals surface area contributed by atoms with Gasteiger partial charge in [-0.2, -0.15) is 0 Å². The summed E-state index contributed by atoms with van der Waals surface area (Å²) in [6.45, 7) is 16.5. The van der Waals surface area contributed by atoms with Gasteiger partial charge >= 0.3 is 5.97 Å². The van der Waals surface area contributed by atoms with Crippen molar-refractivity contribution in [2.75, 3.05) is 17.3 Å². The molecule has 0 spiro atoms. The lowest BCUT2D eigenvalue weighted by Gasteiger charge is -2.47. The number of ether oxygens (including phenoxy) is 1. The van der Waals surface area contributed by atoms with Crippen LogP contribution in [0.15, 0.2) is 24.3 Å². The summed E-state index contributed by atoms with van der Waals surface area (Å²) in [7, 11) is -3.02. The van der Waals surface area contributed by atoms with E-state index in [1.165, 1.54) is 0 Å². The zero-order valence-electron chi connectivity index (χ0n) is 22.0. The van der Waals surface area contributed by atoms with E-state index in [1.54, 1.807) is 0 Å². The van der Waals surface area contributed by atoms with Crippen LogP contribution in [-0.2, 0) is 14.0 Å². The minimum absolute atomic E-state index is 0.0206. The molecule has 0 bridgehead atoms. The molecule has 0 amide bonds. The summed E-state index contributed by atoms with van der Waals surface area (Å²) in [5, 5.41) is 0. The Hall–Kier alpha value is -1.20. The first-order chi connectivity index (χ1) is 14.9. The van der Waals surface area contributed by atoms with Crippen molar-refractivity contribution in [3.05, 3.63) is 35.4 Å². The van der Waals surface area contributed by atoms with Gasteiger partial charge in [0.1, 0.15) is 5.60 Å². The van der Waals surface area contributed by atoms with Crippen LogP contribution in [0.5, 0.6) is 0 Å². The quantitative estimate of drug-likeness (QED) is 0.298. The van der Waals surface area contributed by atoms with Crippen molar-refractivity contribution in [3.8, 4) is 0 Å². The van der Waals surface area contributed by atoms with Gasteiger partial charge in [0.2, 0.25) is 0 Å². The summed E-state index contributed by atoms with van der Waals surface area (Å²) in [4.78, 5) is 12.4. The van der Waals surface area contributed by atoms with Gasteiger partial charge in [0, 0.05) is 23.3 Å². The second-order valence-corrected chi connectivity index (χ2v) is 15.0. The summed E-state index contributed by atoms with van der Waals surface area (Å²) in [6, 6.07) is 7.64. The maximum absolute atomic E-state index is 14.9. The van der Waals surface area contributed by atoms with Crippen molar-refractivity contribution < 1.29 is 13.7 Å². The van der Waals surface area contributed by atoms with Crippen molar-refractivity contribution in [1.29, 1.82) is 0 Å². The molecule has 1 aromatic carbocycles. The third-order valence-electron chi connectivity index (χ3n) is 5.91. The molecule has 0 fully saturated rings. The Balaban J connectivity index is 3.28. The topological polar surface area (TPSA) is 55.4 Å². The van der Waals surface area contributed by atoms with Gasteiger partial charge in [0.25, 0.3) is 0 Å². The second kappa shape index (κ2) is 12.3. The fraction of sp³-hybridized carbons (Fsp3) is 0.741. The first-order valence-corrected chi connectivity index (χ1v) is 15.1. The summed E-state index contributed by atoms with van der Waals surface area (Å²) >= 11 is 0. The molecule has 4 nitrogen and oxygen atoms in total. The summed E-state index contributed by atoms with van der Waals surface area (Å²) in [6.07, 6.45) is 6.08. The Morgan fingerprint density at radius 3 is 1.69 bits per heavy atom. The highest BCUT2D eigenvalue weighted by molar-refractivity contribution is 8.18. The van der Waals surface area contributed by atoms with E-state index in [4.69, 9.17) is 4.74 Å². The molecule has 0 saturated carbocycles. The molecule has 5 heteroatoms. The van der Waals surface area contributed by atoms with Gasteiger partial charge in [-0.05, 0) is 72.9 Å². The maximum atomic E-state index is 14.9. The van der Waals surface area contributed by atoms with Gasteiger partial charge in [0.05, 0.1) is 5.56 Å². The van der Waals surface area contributed by atoms with Crippen molar-refractivity contribution in [2.45, 2.75) is 106 Å². The molecular formula is C27H49NO3S. The number of benzene rings is 1. The van der Waals surface area contributed by atoms with E-state index in [0.717, 1.165) is 61.3 Å². The van der Waals surface area contributed by atoms with Crippen LogP contribution in [0, 0.1) is 5.92 Å². The molecular weight excluding hydrogens is 418 g/mol. The number of carbonyl (C=O) groups excluding carboxylic acids is 1. The Labute approximate surface area is 197 Å². The molecule has 0 heterocycles. The largest absolute Gasteiger partial charge is 0.456 e. The fourth-order valence-electron chi connectivity index (χ4n) is 4.00. The van der Waals surface area contributed by atoms with E-state index in [-0.39, 0.29) is 17.9 Å². The monoisotopic (exact) mass is 467 g/mol.